The van der Waals surface area contributed by atoms with Crippen LogP contribution in [0.4, 0.5) is 0 Å². The molecule has 1 saturated carbocycles. The van der Waals surface area contributed by atoms with Crippen molar-refractivity contribution in [1.82, 2.24) is 5.32 Å². The van der Waals surface area contributed by atoms with Gasteiger partial charge in [0.25, 0.3) is 0 Å². The number of hydrogen-bond acceptors (Lipinski definition) is 3. The maximum absolute atomic E-state index is 9.42. The lowest BCUT2D eigenvalue weighted by Gasteiger charge is -2.36. The van der Waals surface area contributed by atoms with E-state index in [0.29, 0.717) is 12.6 Å². The summed E-state index contributed by atoms with van der Waals surface area (Å²) in [7, 11) is 1.66. The third kappa shape index (κ3) is 3.20. The molecule has 0 saturated heterocycles. The van der Waals surface area contributed by atoms with E-state index in [1.165, 1.54) is 32.1 Å². The number of nitrogens with zero attached hydrogens (tertiary/aromatic N) is 1. The van der Waals surface area contributed by atoms with Crippen molar-refractivity contribution in [2.45, 2.75) is 57.5 Å². The number of ether oxygens (including phenoxy) is 1. The van der Waals surface area contributed by atoms with Gasteiger partial charge in [-0.25, -0.2) is 0 Å². The molecule has 0 amide bonds. The molecule has 0 radical (unpaired) electrons. The van der Waals surface area contributed by atoms with Crippen molar-refractivity contribution in [3.8, 4) is 6.07 Å². The highest BCUT2D eigenvalue weighted by atomic mass is 16.5. The van der Waals surface area contributed by atoms with Crippen LogP contribution < -0.4 is 5.32 Å². The lowest BCUT2D eigenvalue weighted by molar-refractivity contribution is 0.0983. The average Bonchev–Trinajstić information content (AvgIpc) is 2.29. The van der Waals surface area contributed by atoms with Crippen LogP contribution in [0.15, 0.2) is 0 Å². The normalized spacial score (nSPS) is 21.7. The van der Waals surface area contributed by atoms with E-state index < -0.39 is 5.54 Å². The van der Waals surface area contributed by atoms with Crippen LogP contribution in [0.25, 0.3) is 0 Å². The van der Waals surface area contributed by atoms with Crippen LogP contribution in [0.1, 0.15) is 46.0 Å². The molecule has 1 N–H and O–H groups in total. The van der Waals surface area contributed by atoms with Gasteiger partial charge in [-0.3, -0.25) is 5.32 Å². The highest BCUT2D eigenvalue weighted by Gasteiger charge is 2.36. The Bertz CT molecular complexity index is 241. The molecule has 0 aliphatic heterocycles. The fourth-order valence-electron chi connectivity index (χ4n) is 2.41. The molecule has 0 aromatic rings. The van der Waals surface area contributed by atoms with Crippen LogP contribution in [-0.4, -0.2) is 25.3 Å². The molecule has 0 heterocycles. The van der Waals surface area contributed by atoms with E-state index in [9.17, 15) is 5.26 Å². The van der Waals surface area contributed by atoms with Crippen molar-refractivity contribution in [2.24, 2.45) is 5.92 Å². The van der Waals surface area contributed by atoms with Gasteiger partial charge in [0.2, 0.25) is 0 Å². The van der Waals surface area contributed by atoms with Gasteiger partial charge in [-0.1, -0.05) is 33.1 Å². The fourth-order valence-corrected chi connectivity index (χ4v) is 2.41. The SMILES string of the molecule is COCC(C#N)(NC1CCCCC1)C(C)C. The van der Waals surface area contributed by atoms with Crippen LogP contribution in [0.3, 0.4) is 0 Å². The van der Waals surface area contributed by atoms with Gasteiger partial charge in [0.15, 0.2) is 0 Å². The topological polar surface area (TPSA) is 45.0 Å². The minimum absolute atomic E-state index is 0.263. The zero-order valence-electron chi connectivity index (χ0n) is 10.8. The van der Waals surface area contributed by atoms with Crippen molar-refractivity contribution < 1.29 is 4.74 Å². The molecule has 92 valence electrons. The second kappa shape index (κ2) is 6.22. The van der Waals surface area contributed by atoms with Crippen LogP contribution in [0.5, 0.6) is 0 Å². The zero-order valence-corrected chi connectivity index (χ0v) is 10.8. The van der Waals surface area contributed by atoms with Crippen molar-refractivity contribution in [2.75, 3.05) is 13.7 Å². The predicted molar refractivity (Wildman–Crippen MR) is 65.1 cm³/mol. The molecule has 0 aromatic heterocycles. The molecule has 1 rings (SSSR count). The number of nitriles is 1. The minimum atomic E-state index is -0.517. The first kappa shape index (κ1) is 13.5. The molecular formula is C13H24N2O. The molecule has 0 spiro atoms. The molecule has 1 unspecified atom stereocenters. The first-order valence-corrected chi connectivity index (χ1v) is 6.32. The first-order valence-electron chi connectivity index (χ1n) is 6.32. The Morgan fingerprint density at radius 3 is 2.44 bits per heavy atom. The summed E-state index contributed by atoms with van der Waals surface area (Å²) in [6, 6.07) is 2.92. The van der Waals surface area contributed by atoms with Crippen molar-refractivity contribution in [1.29, 1.82) is 5.26 Å². The molecule has 0 aromatic carbocycles. The van der Waals surface area contributed by atoms with Gasteiger partial charge in [0, 0.05) is 13.2 Å². The Hall–Kier alpha value is -0.590. The maximum atomic E-state index is 9.42. The molecule has 16 heavy (non-hydrogen) atoms. The highest BCUT2D eigenvalue weighted by molar-refractivity contribution is 5.10. The van der Waals surface area contributed by atoms with Crippen LogP contribution in [0.2, 0.25) is 0 Å². The summed E-state index contributed by atoms with van der Waals surface area (Å²) in [6.07, 6.45) is 6.29. The van der Waals surface area contributed by atoms with E-state index in [1.807, 2.05) is 0 Å². The van der Waals surface area contributed by atoms with Crippen LogP contribution in [0, 0.1) is 17.2 Å². The van der Waals surface area contributed by atoms with Gasteiger partial charge in [0.05, 0.1) is 12.7 Å². The van der Waals surface area contributed by atoms with E-state index in [0.717, 1.165) is 0 Å². The average molecular weight is 224 g/mol. The minimum Gasteiger partial charge on any atom is -0.382 e. The highest BCUT2D eigenvalue weighted by Crippen LogP contribution is 2.23. The number of methoxy groups -OCH3 is 1. The second-order valence-corrected chi connectivity index (χ2v) is 5.15. The standard InChI is InChI=1S/C13H24N2O/c1-11(2)13(9-14,10-16-3)15-12-7-5-4-6-8-12/h11-12,15H,4-8,10H2,1-3H3. The summed E-state index contributed by atoms with van der Waals surface area (Å²) in [5.41, 5.74) is -0.517. The molecule has 0 bridgehead atoms. The predicted octanol–water partition coefficient (Wildman–Crippen LogP) is 2.47. The lowest BCUT2D eigenvalue weighted by Crippen LogP contribution is -2.56. The number of rotatable bonds is 5. The third-order valence-corrected chi connectivity index (χ3v) is 3.62. The Kier molecular flexibility index (Phi) is 5.24. The first-order chi connectivity index (χ1) is 7.64. The molecule has 3 nitrogen and oxygen atoms in total. The lowest BCUT2D eigenvalue weighted by atomic mass is 9.85. The Morgan fingerprint density at radius 2 is 2.00 bits per heavy atom. The van der Waals surface area contributed by atoms with E-state index in [4.69, 9.17) is 4.74 Å². The van der Waals surface area contributed by atoms with Gasteiger partial charge in [-0.15, -0.1) is 0 Å². The third-order valence-electron chi connectivity index (χ3n) is 3.62. The molecule has 1 fully saturated rings. The summed E-state index contributed by atoms with van der Waals surface area (Å²) >= 11 is 0. The quantitative estimate of drug-likeness (QED) is 0.780. The molecule has 1 atom stereocenters. The maximum Gasteiger partial charge on any atom is 0.132 e. The molecule has 3 heteroatoms. The summed E-state index contributed by atoms with van der Waals surface area (Å²) in [5, 5.41) is 12.9. The van der Waals surface area contributed by atoms with E-state index >= 15 is 0 Å². The molecular weight excluding hydrogens is 200 g/mol. The van der Waals surface area contributed by atoms with E-state index in [1.54, 1.807) is 7.11 Å². The van der Waals surface area contributed by atoms with Crippen molar-refractivity contribution in [3.05, 3.63) is 0 Å². The van der Waals surface area contributed by atoms with Gasteiger partial charge in [-0.2, -0.15) is 5.26 Å². The Labute approximate surface area is 99.2 Å². The Balaban J connectivity index is 2.65. The van der Waals surface area contributed by atoms with Crippen molar-refractivity contribution >= 4 is 0 Å². The summed E-state index contributed by atoms with van der Waals surface area (Å²) < 4.78 is 5.22. The second-order valence-electron chi connectivity index (χ2n) is 5.15. The fraction of sp³-hybridized carbons (Fsp3) is 0.923. The van der Waals surface area contributed by atoms with E-state index in [2.05, 4.69) is 25.2 Å². The van der Waals surface area contributed by atoms with Gasteiger partial charge in [-0.05, 0) is 18.8 Å². The van der Waals surface area contributed by atoms with Gasteiger partial charge in [0.1, 0.15) is 5.54 Å². The monoisotopic (exact) mass is 224 g/mol. The summed E-state index contributed by atoms with van der Waals surface area (Å²) in [4.78, 5) is 0. The molecule has 1 aliphatic rings. The van der Waals surface area contributed by atoms with Gasteiger partial charge < -0.3 is 4.74 Å². The molecule has 1 aliphatic carbocycles. The zero-order chi connectivity index (χ0) is 12.0. The number of nitrogens with one attached hydrogen (secondary N) is 1. The smallest absolute Gasteiger partial charge is 0.132 e. The largest absolute Gasteiger partial charge is 0.382 e. The van der Waals surface area contributed by atoms with Crippen molar-refractivity contribution in [3.63, 3.8) is 0 Å². The number of hydrogen-bond donors (Lipinski definition) is 1. The Morgan fingerprint density at radius 1 is 1.38 bits per heavy atom. The van der Waals surface area contributed by atoms with Gasteiger partial charge >= 0.3 is 0 Å². The summed E-state index contributed by atoms with van der Waals surface area (Å²) in [5.74, 6) is 0.263. The summed E-state index contributed by atoms with van der Waals surface area (Å²) in [6.45, 7) is 4.63. The van der Waals surface area contributed by atoms with Crippen LogP contribution >= 0.6 is 0 Å². The van der Waals surface area contributed by atoms with Crippen LogP contribution in [-0.2, 0) is 4.74 Å². The van der Waals surface area contributed by atoms with E-state index in [-0.39, 0.29) is 5.92 Å².